The van der Waals surface area contributed by atoms with Crippen molar-refractivity contribution in [2.24, 2.45) is 0 Å². The van der Waals surface area contributed by atoms with Gasteiger partial charge < -0.3 is 0 Å². The summed E-state index contributed by atoms with van der Waals surface area (Å²) >= 11 is 3.15. The molecule has 0 spiro atoms. The highest BCUT2D eigenvalue weighted by molar-refractivity contribution is 9.10. The molecular weight excluding hydrogens is 280 g/mol. The molecule has 5 heteroatoms. The summed E-state index contributed by atoms with van der Waals surface area (Å²) in [5, 5.41) is 0. The first-order valence-corrected chi connectivity index (χ1v) is 7.07. The van der Waals surface area contributed by atoms with Crippen LogP contribution in [0.1, 0.15) is 23.7 Å². The van der Waals surface area contributed by atoms with Crippen LogP contribution in [0.2, 0.25) is 0 Å². The number of sulfone groups is 1. The lowest BCUT2D eigenvalue weighted by Gasteiger charge is -2.04. The maximum Gasteiger partial charge on any atom is 0.176 e. The normalized spacial score (nSPS) is 11.4. The maximum absolute atomic E-state index is 11.4. The smallest absolute Gasteiger partial charge is 0.176 e. The van der Waals surface area contributed by atoms with Gasteiger partial charge in [-0.15, -0.1) is 0 Å². The Morgan fingerprint density at radius 2 is 2.00 bits per heavy atom. The Bertz CT molecular complexity index is 491. The van der Waals surface area contributed by atoms with E-state index in [9.17, 15) is 13.2 Å². The van der Waals surface area contributed by atoms with Crippen molar-refractivity contribution in [3.8, 4) is 0 Å². The van der Waals surface area contributed by atoms with Gasteiger partial charge in [0.25, 0.3) is 0 Å². The number of carbonyl (C=O) groups excluding carboxylic acids is 1. The predicted octanol–water partition coefficient (Wildman–Crippen LogP) is 2.45. The van der Waals surface area contributed by atoms with Gasteiger partial charge in [0.1, 0.15) is 0 Å². The van der Waals surface area contributed by atoms with Gasteiger partial charge in [-0.3, -0.25) is 4.79 Å². The van der Waals surface area contributed by atoms with Crippen LogP contribution in [0.15, 0.2) is 27.6 Å². The van der Waals surface area contributed by atoms with Gasteiger partial charge in [-0.1, -0.05) is 13.0 Å². The Balaban J connectivity index is 3.36. The molecule has 0 atom stereocenters. The van der Waals surface area contributed by atoms with Gasteiger partial charge in [-0.05, 0) is 28.1 Å². The van der Waals surface area contributed by atoms with Crippen molar-refractivity contribution in [1.29, 1.82) is 0 Å². The van der Waals surface area contributed by atoms with Gasteiger partial charge in [0.15, 0.2) is 15.6 Å². The van der Waals surface area contributed by atoms with Crippen molar-refractivity contribution < 1.29 is 13.2 Å². The Labute approximate surface area is 97.5 Å². The number of hydrogen-bond donors (Lipinski definition) is 0. The van der Waals surface area contributed by atoms with E-state index in [0.29, 0.717) is 16.5 Å². The SMILES string of the molecule is CCC(=O)c1ccc(Br)c(S(C)(=O)=O)c1. The zero-order valence-corrected chi connectivity index (χ0v) is 10.9. The molecule has 1 aromatic rings. The molecule has 0 heterocycles. The molecule has 1 rings (SSSR count). The minimum Gasteiger partial charge on any atom is -0.294 e. The predicted molar refractivity (Wildman–Crippen MR) is 61.9 cm³/mol. The summed E-state index contributed by atoms with van der Waals surface area (Å²) < 4.78 is 23.2. The van der Waals surface area contributed by atoms with E-state index in [0.717, 1.165) is 6.26 Å². The molecule has 15 heavy (non-hydrogen) atoms. The molecule has 0 radical (unpaired) electrons. The van der Waals surface area contributed by atoms with Crippen molar-refractivity contribution in [2.75, 3.05) is 6.26 Å². The highest BCUT2D eigenvalue weighted by Crippen LogP contribution is 2.23. The minimum atomic E-state index is -3.30. The lowest BCUT2D eigenvalue weighted by molar-refractivity contribution is 0.0988. The molecular formula is C10H11BrO3S. The van der Waals surface area contributed by atoms with E-state index in [2.05, 4.69) is 15.9 Å². The maximum atomic E-state index is 11.4. The highest BCUT2D eigenvalue weighted by Gasteiger charge is 2.14. The van der Waals surface area contributed by atoms with Crippen molar-refractivity contribution in [1.82, 2.24) is 0 Å². The van der Waals surface area contributed by atoms with Crippen LogP contribution in [-0.2, 0) is 9.84 Å². The third-order valence-electron chi connectivity index (χ3n) is 1.97. The van der Waals surface area contributed by atoms with Crippen LogP contribution in [0, 0.1) is 0 Å². The molecule has 0 aromatic heterocycles. The zero-order valence-electron chi connectivity index (χ0n) is 8.45. The zero-order chi connectivity index (χ0) is 11.6. The molecule has 3 nitrogen and oxygen atoms in total. The summed E-state index contributed by atoms with van der Waals surface area (Å²) in [5.41, 5.74) is 0.432. The quantitative estimate of drug-likeness (QED) is 0.804. The molecule has 0 amide bonds. The second-order valence-electron chi connectivity index (χ2n) is 3.19. The largest absolute Gasteiger partial charge is 0.294 e. The lowest BCUT2D eigenvalue weighted by atomic mass is 10.1. The summed E-state index contributed by atoms with van der Waals surface area (Å²) in [5.74, 6) is -0.0626. The summed E-state index contributed by atoms with van der Waals surface area (Å²) in [7, 11) is -3.30. The summed E-state index contributed by atoms with van der Waals surface area (Å²) in [4.78, 5) is 11.5. The van der Waals surface area contributed by atoms with Gasteiger partial charge in [-0.2, -0.15) is 0 Å². The Morgan fingerprint density at radius 1 is 1.40 bits per heavy atom. The number of halogens is 1. The number of carbonyl (C=O) groups is 1. The van der Waals surface area contributed by atoms with Crippen LogP contribution < -0.4 is 0 Å². The second-order valence-corrected chi connectivity index (χ2v) is 6.03. The topological polar surface area (TPSA) is 51.2 Å². The van der Waals surface area contributed by atoms with Crippen molar-refractivity contribution >= 4 is 31.6 Å². The van der Waals surface area contributed by atoms with Crippen LogP contribution >= 0.6 is 15.9 Å². The van der Waals surface area contributed by atoms with E-state index in [4.69, 9.17) is 0 Å². The van der Waals surface area contributed by atoms with Crippen LogP contribution in [-0.4, -0.2) is 20.5 Å². The molecule has 0 bridgehead atoms. The molecule has 0 aliphatic carbocycles. The fraction of sp³-hybridized carbons (Fsp3) is 0.300. The number of ketones is 1. The summed E-state index contributed by atoms with van der Waals surface area (Å²) in [6, 6.07) is 4.61. The third kappa shape index (κ3) is 2.89. The van der Waals surface area contributed by atoms with Gasteiger partial charge >= 0.3 is 0 Å². The second kappa shape index (κ2) is 4.45. The summed E-state index contributed by atoms with van der Waals surface area (Å²) in [6.45, 7) is 1.74. The van der Waals surface area contributed by atoms with Gasteiger partial charge in [0.2, 0.25) is 0 Å². The monoisotopic (exact) mass is 290 g/mol. The van der Waals surface area contributed by atoms with E-state index < -0.39 is 9.84 Å². The lowest BCUT2D eigenvalue weighted by Crippen LogP contribution is -2.02. The van der Waals surface area contributed by atoms with E-state index >= 15 is 0 Å². The summed E-state index contributed by atoms with van der Waals surface area (Å²) in [6.07, 6.45) is 1.48. The fourth-order valence-electron chi connectivity index (χ4n) is 1.17. The molecule has 0 aliphatic rings. The molecule has 82 valence electrons. The number of rotatable bonds is 3. The first kappa shape index (κ1) is 12.4. The van der Waals surface area contributed by atoms with Gasteiger partial charge in [-0.25, -0.2) is 8.42 Å². The van der Waals surface area contributed by atoms with Crippen molar-refractivity contribution in [3.05, 3.63) is 28.2 Å². The molecule has 0 unspecified atom stereocenters. The third-order valence-corrected chi connectivity index (χ3v) is 4.06. The van der Waals surface area contributed by atoms with E-state index in [-0.39, 0.29) is 10.7 Å². The van der Waals surface area contributed by atoms with E-state index in [1.165, 1.54) is 6.07 Å². The number of Topliss-reactive ketones (excluding diaryl/α,β-unsaturated/α-hetero) is 1. The molecule has 0 saturated carbocycles. The minimum absolute atomic E-state index is 0.0626. The first-order valence-electron chi connectivity index (χ1n) is 4.39. The fourth-order valence-corrected chi connectivity index (χ4v) is 3.06. The van der Waals surface area contributed by atoms with Gasteiger partial charge in [0, 0.05) is 22.7 Å². The van der Waals surface area contributed by atoms with Crippen LogP contribution in [0.3, 0.4) is 0 Å². The van der Waals surface area contributed by atoms with Gasteiger partial charge in [0.05, 0.1) is 4.90 Å². The number of hydrogen-bond acceptors (Lipinski definition) is 3. The molecule has 0 fully saturated rings. The number of benzene rings is 1. The Kier molecular flexibility index (Phi) is 3.67. The molecule has 0 aliphatic heterocycles. The first-order chi connectivity index (χ1) is 6.86. The molecule has 0 N–H and O–H groups in total. The Morgan fingerprint density at radius 3 is 2.47 bits per heavy atom. The highest BCUT2D eigenvalue weighted by atomic mass is 79.9. The van der Waals surface area contributed by atoms with Crippen molar-refractivity contribution in [3.63, 3.8) is 0 Å². The molecule has 0 saturated heterocycles. The average Bonchev–Trinajstić information content (AvgIpc) is 2.15. The van der Waals surface area contributed by atoms with Crippen LogP contribution in [0.4, 0.5) is 0 Å². The van der Waals surface area contributed by atoms with E-state index in [1.54, 1.807) is 19.1 Å². The molecule has 1 aromatic carbocycles. The average molecular weight is 291 g/mol. The van der Waals surface area contributed by atoms with Crippen LogP contribution in [0.5, 0.6) is 0 Å². The standard InChI is InChI=1S/C10H11BrO3S/c1-3-9(12)7-4-5-8(11)10(6-7)15(2,13)14/h4-6H,3H2,1-2H3. The Hall–Kier alpha value is -0.680. The van der Waals surface area contributed by atoms with Crippen LogP contribution in [0.25, 0.3) is 0 Å². The van der Waals surface area contributed by atoms with Crippen molar-refractivity contribution in [2.45, 2.75) is 18.2 Å². The van der Waals surface area contributed by atoms with E-state index in [1.807, 2.05) is 0 Å².